The van der Waals surface area contributed by atoms with Crippen LogP contribution in [0.2, 0.25) is 0 Å². The van der Waals surface area contributed by atoms with Crippen LogP contribution in [0.15, 0.2) is 30.3 Å². The van der Waals surface area contributed by atoms with Crippen LogP contribution in [-0.2, 0) is 5.54 Å². The van der Waals surface area contributed by atoms with Crippen molar-refractivity contribution >= 4 is 0 Å². The Hall–Kier alpha value is -0.940. The smallest absolute Gasteiger partial charge is 0.117 e. The van der Waals surface area contributed by atoms with Gasteiger partial charge < -0.3 is 10.4 Å². The van der Waals surface area contributed by atoms with Crippen LogP contribution in [0.25, 0.3) is 0 Å². The molecule has 1 aromatic rings. The molecule has 18 heavy (non-hydrogen) atoms. The van der Waals surface area contributed by atoms with Crippen LogP contribution in [-0.4, -0.2) is 31.7 Å². The third kappa shape index (κ3) is 1.40. The molecule has 1 unspecified atom stereocenters. The summed E-state index contributed by atoms with van der Waals surface area (Å²) in [4.78, 5) is 0. The standard InChI is InChI=1S/C14H22N2O2/c1-12(2)14(5,11-9-7-6-8-10-11)16(18)13(3,4)15(12)17/h6-10,17-18H,1-5H3. The number of benzene rings is 1. The minimum absolute atomic E-state index is 0.618. The molecule has 4 heteroatoms. The van der Waals surface area contributed by atoms with Gasteiger partial charge in [0.05, 0.1) is 11.1 Å². The Kier molecular flexibility index (Phi) is 2.83. The van der Waals surface area contributed by atoms with Crippen molar-refractivity contribution < 1.29 is 10.4 Å². The van der Waals surface area contributed by atoms with Crippen LogP contribution in [0.5, 0.6) is 0 Å². The average Bonchev–Trinajstić information content (AvgIpc) is 2.44. The predicted octanol–water partition coefficient (Wildman–Crippen LogP) is 2.81. The van der Waals surface area contributed by atoms with Gasteiger partial charge >= 0.3 is 0 Å². The summed E-state index contributed by atoms with van der Waals surface area (Å²) in [5.41, 5.74) is -1.17. The fraction of sp³-hybridized carbons (Fsp3) is 0.571. The van der Waals surface area contributed by atoms with Gasteiger partial charge in [0.1, 0.15) is 5.66 Å². The normalized spacial score (nSPS) is 31.7. The minimum atomic E-state index is -0.839. The number of rotatable bonds is 1. The molecule has 1 heterocycles. The molecular weight excluding hydrogens is 228 g/mol. The van der Waals surface area contributed by atoms with Crippen LogP contribution in [0.3, 0.4) is 0 Å². The first-order valence-corrected chi connectivity index (χ1v) is 6.21. The molecule has 1 aromatic carbocycles. The van der Waals surface area contributed by atoms with E-state index in [4.69, 9.17) is 0 Å². The van der Waals surface area contributed by atoms with Gasteiger partial charge in [-0.2, -0.15) is 10.1 Å². The second-order valence-corrected chi connectivity index (χ2v) is 6.12. The minimum Gasteiger partial charge on any atom is -0.312 e. The van der Waals surface area contributed by atoms with Gasteiger partial charge in [-0.15, -0.1) is 0 Å². The molecule has 0 radical (unpaired) electrons. The Labute approximate surface area is 108 Å². The lowest BCUT2D eigenvalue weighted by Crippen LogP contribution is -2.52. The Morgan fingerprint density at radius 2 is 1.33 bits per heavy atom. The van der Waals surface area contributed by atoms with Crippen LogP contribution >= 0.6 is 0 Å². The molecule has 4 nitrogen and oxygen atoms in total. The Morgan fingerprint density at radius 1 is 0.833 bits per heavy atom. The highest BCUT2D eigenvalue weighted by molar-refractivity contribution is 5.31. The molecule has 0 aliphatic carbocycles. The molecule has 1 saturated heterocycles. The van der Waals surface area contributed by atoms with Gasteiger partial charge in [0.2, 0.25) is 0 Å². The van der Waals surface area contributed by atoms with Gasteiger partial charge in [0, 0.05) is 0 Å². The Bertz CT molecular complexity index is 444. The SMILES string of the molecule is CC1(C)N(O)C(C)(C)C(C)(c2ccccc2)N1O. The van der Waals surface area contributed by atoms with E-state index >= 15 is 0 Å². The molecule has 0 aromatic heterocycles. The Balaban J connectivity index is 2.63. The number of hydroxylamine groups is 4. The number of hydrogen-bond donors (Lipinski definition) is 2. The van der Waals surface area contributed by atoms with E-state index in [2.05, 4.69) is 0 Å². The summed E-state index contributed by atoms with van der Waals surface area (Å²) in [5.74, 6) is 0. The van der Waals surface area contributed by atoms with E-state index in [1.807, 2.05) is 51.1 Å². The molecule has 2 rings (SSSR count). The topological polar surface area (TPSA) is 46.9 Å². The zero-order chi connectivity index (χ0) is 13.8. The van der Waals surface area contributed by atoms with Gasteiger partial charge in [-0.25, -0.2) is 0 Å². The first-order valence-electron chi connectivity index (χ1n) is 6.21. The van der Waals surface area contributed by atoms with Crippen molar-refractivity contribution in [3.05, 3.63) is 35.9 Å². The maximum absolute atomic E-state index is 10.6. The molecular formula is C14H22N2O2. The van der Waals surface area contributed by atoms with Crippen LogP contribution in [0, 0.1) is 0 Å². The van der Waals surface area contributed by atoms with E-state index < -0.39 is 16.7 Å². The van der Waals surface area contributed by atoms with Gasteiger partial charge in [-0.05, 0) is 40.2 Å². The molecule has 1 aliphatic heterocycles. The van der Waals surface area contributed by atoms with Crippen molar-refractivity contribution in [2.75, 3.05) is 0 Å². The lowest BCUT2D eigenvalue weighted by molar-refractivity contribution is -0.266. The van der Waals surface area contributed by atoms with Crippen molar-refractivity contribution in [2.45, 2.75) is 51.4 Å². The summed E-state index contributed by atoms with van der Waals surface area (Å²) < 4.78 is 0. The fourth-order valence-electron chi connectivity index (χ4n) is 3.02. The highest BCUT2D eigenvalue weighted by Crippen LogP contribution is 2.51. The van der Waals surface area contributed by atoms with Crippen LogP contribution in [0.4, 0.5) is 0 Å². The second kappa shape index (κ2) is 3.78. The maximum atomic E-state index is 10.6. The lowest BCUT2D eigenvalue weighted by Gasteiger charge is -2.41. The monoisotopic (exact) mass is 250 g/mol. The highest BCUT2D eigenvalue weighted by Gasteiger charge is 2.64. The Morgan fingerprint density at radius 3 is 1.72 bits per heavy atom. The van der Waals surface area contributed by atoms with Gasteiger partial charge in [0.15, 0.2) is 0 Å². The van der Waals surface area contributed by atoms with E-state index in [1.165, 1.54) is 10.1 Å². The molecule has 0 amide bonds. The lowest BCUT2D eigenvalue weighted by atomic mass is 9.77. The summed E-state index contributed by atoms with van der Waals surface area (Å²) in [6.45, 7) is 9.39. The molecule has 100 valence electrons. The van der Waals surface area contributed by atoms with Gasteiger partial charge in [0.25, 0.3) is 0 Å². The summed E-state index contributed by atoms with van der Waals surface area (Å²) >= 11 is 0. The van der Waals surface area contributed by atoms with Crippen molar-refractivity contribution in [1.29, 1.82) is 0 Å². The second-order valence-electron chi connectivity index (χ2n) is 6.12. The molecule has 0 bridgehead atoms. The fourth-order valence-corrected chi connectivity index (χ4v) is 3.02. The molecule has 0 saturated carbocycles. The van der Waals surface area contributed by atoms with E-state index in [9.17, 15) is 10.4 Å². The maximum Gasteiger partial charge on any atom is 0.117 e. The van der Waals surface area contributed by atoms with Crippen LogP contribution < -0.4 is 0 Å². The summed E-state index contributed by atoms with van der Waals surface area (Å²) in [6, 6.07) is 9.77. The van der Waals surface area contributed by atoms with E-state index in [0.29, 0.717) is 0 Å². The van der Waals surface area contributed by atoms with Crippen molar-refractivity contribution in [3.8, 4) is 0 Å². The molecule has 2 N–H and O–H groups in total. The molecule has 1 fully saturated rings. The van der Waals surface area contributed by atoms with Gasteiger partial charge in [-0.1, -0.05) is 30.3 Å². The van der Waals surface area contributed by atoms with E-state index in [0.717, 1.165) is 5.56 Å². The zero-order valence-electron chi connectivity index (χ0n) is 11.7. The van der Waals surface area contributed by atoms with Crippen molar-refractivity contribution in [2.24, 2.45) is 0 Å². The predicted molar refractivity (Wildman–Crippen MR) is 69.2 cm³/mol. The van der Waals surface area contributed by atoms with E-state index in [1.54, 1.807) is 13.8 Å². The van der Waals surface area contributed by atoms with Crippen molar-refractivity contribution in [1.82, 2.24) is 10.1 Å². The largest absolute Gasteiger partial charge is 0.312 e. The molecule has 1 atom stereocenters. The third-order valence-electron chi connectivity index (χ3n) is 4.52. The summed E-state index contributed by atoms with van der Waals surface area (Å²) in [6.07, 6.45) is 0. The van der Waals surface area contributed by atoms with Gasteiger partial charge in [-0.3, -0.25) is 0 Å². The third-order valence-corrected chi connectivity index (χ3v) is 4.52. The first-order chi connectivity index (χ1) is 8.16. The highest BCUT2D eigenvalue weighted by atomic mass is 16.6. The first kappa shape index (κ1) is 13.5. The summed E-state index contributed by atoms with van der Waals surface area (Å²) in [7, 11) is 0. The van der Waals surface area contributed by atoms with Crippen molar-refractivity contribution in [3.63, 3.8) is 0 Å². The van der Waals surface area contributed by atoms with Crippen LogP contribution in [0.1, 0.15) is 40.2 Å². The number of nitrogens with zero attached hydrogens (tertiary/aromatic N) is 2. The zero-order valence-corrected chi connectivity index (χ0v) is 11.7. The summed E-state index contributed by atoms with van der Waals surface area (Å²) in [5, 5.41) is 23.4. The quantitative estimate of drug-likeness (QED) is 0.804. The molecule has 0 spiro atoms. The molecule has 1 aliphatic rings. The van der Waals surface area contributed by atoms with E-state index in [-0.39, 0.29) is 0 Å². The number of hydrogen-bond acceptors (Lipinski definition) is 4. The average molecular weight is 250 g/mol.